The number of primary sulfonamides is 1. The van der Waals surface area contributed by atoms with E-state index < -0.39 is 10.0 Å². The highest BCUT2D eigenvalue weighted by atomic mass is 32.2. The van der Waals surface area contributed by atoms with Crippen molar-refractivity contribution in [2.24, 2.45) is 5.14 Å². The molecule has 1 aromatic carbocycles. The molecule has 1 aromatic heterocycles. The third kappa shape index (κ3) is 3.06. The van der Waals surface area contributed by atoms with Crippen molar-refractivity contribution in [1.82, 2.24) is 14.8 Å². The molecular weight excluding hydrogens is 280 g/mol. The van der Waals surface area contributed by atoms with Crippen LogP contribution in [0, 0.1) is 0 Å². The summed E-state index contributed by atoms with van der Waals surface area (Å²) >= 11 is 0. The number of hydrogen-bond acceptors (Lipinski definition) is 6. The number of sulfonamides is 1. The first-order valence-corrected chi connectivity index (χ1v) is 7.49. The van der Waals surface area contributed by atoms with Crippen LogP contribution in [0.3, 0.4) is 0 Å². The zero-order chi connectivity index (χ0) is 14.8. The summed E-state index contributed by atoms with van der Waals surface area (Å²) in [6.45, 7) is 3.03. The van der Waals surface area contributed by atoms with Crippen LogP contribution in [-0.2, 0) is 23.1 Å². The van der Waals surface area contributed by atoms with Gasteiger partial charge in [0.1, 0.15) is 11.2 Å². The molecule has 0 bridgehead atoms. The van der Waals surface area contributed by atoms with Crippen LogP contribution >= 0.6 is 0 Å². The van der Waals surface area contributed by atoms with Crippen molar-refractivity contribution in [3.05, 3.63) is 30.4 Å². The average Bonchev–Trinajstić information content (AvgIpc) is 2.83. The molecular formula is C11H16N6O2S. The summed E-state index contributed by atoms with van der Waals surface area (Å²) in [6.07, 6.45) is 1.61. The van der Waals surface area contributed by atoms with Gasteiger partial charge < -0.3 is 15.6 Å². The molecule has 8 nitrogen and oxygen atoms in total. The Morgan fingerprint density at radius 3 is 2.80 bits per heavy atom. The van der Waals surface area contributed by atoms with Crippen molar-refractivity contribution in [3.8, 4) is 0 Å². The Balaban J connectivity index is 2.26. The number of benzene rings is 1. The van der Waals surface area contributed by atoms with Gasteiger partial charge in [-0.3, -0.25) is 0 Å². The SMILES string of the molecule is CCn1cnnc1CNc1ccc(N)cc1S(N)(=O)=O. The van der Waals surface area contributed by atoms with Crippen LogP contribution < -0.4 is 16.2 Å². The molecule has 0 spiro atoms. The highest BCUT2D eigenvalue weighted by Crippen LogP contribution is 2.23. The fourth-order valence-electron chi connectivity index (χ4n) is 1.77. The fraction of sp³-hybridized carbons (Fsp3) is 0.273. The van der Waals surface area contributed by atoms with Crippen molar-refractivity contribution in [2.45, 2.75) is 24.9 Å². The summed E-state index contributed by atoms with van der Waals surface area (Å²) in [6, 6.07) is 4.49. The zero-order valence-electron chi connectivity index (χ0n) is 10.9. The minimum absolute atomic E-state index is 0.0416. The van der Waals surface area contributed by atoms with Crippen molar-refractivity contribution < 1.29 is 8.42 Å². The molecule has 2 rings (SSSR count). The lowest BCUT2D eigenvalue weighted by atomic mass is 10.3. The molecule has 0 fully saturated rings. The molecule has 0 saturated heterocycles. The van der Waals surface area contributed by atoms with E-state index in [0.29, 0.717) is 23.7 Å². The molecule has 20 heavy (non-hydrogen) atoms. The molecule has 9 heteroatoms. The molecule has 0 aliphatic rings. The standard InChI is InChI=1S/C11H16N6O2S/c1-2-17-7-15-16-11(17)6-14-9-4-3-8(12)5-10(9)20(13,18)19/h3-5,7,14H,2,6,12H2,1H3,(H2,13,18,19). The number of nitrogens with one attached hydrogen (secondary N) is 1. The average molecular weight is 296 g/mol. The highest BCUT2D eigenvalue weighted by Gasteiger charge is 2.15. The van der Waals surface area contributed by atoms with Gasteiger partial charge in [-0.1, -0.05) is 0 Å². The second-order valence-electron chi connectivity index (χ2n) is 4.19. The Morgan fingerprint density at radius 1 is 1.40 bits per heavy atom. The zero-order valence-corrected chi connectivity index (χ0v) is 11.8. The predicted molar refractivity (Wildman–Crippen MR) is 75.3 cm³/mol. The van der Waals surface area contributed by atoms with Gasteiger partial charge in [0.05, 0.1) is 12.2 Å². The summed E-state index contributed by atoms with van der Waals surface area (Å²) < 4.78 is 24.9. The Kier molecular flexibility index (Phi) is 3.91. The maximum absolute atomic E-state index is 11.5. The quantitative estimate of drug-likeness (QED) is 0.673. The summed E-state index contributed by atoms with van der Waals surface area (Å²) in [4.78, 5) is -0.0416. The first kappa shape index (κ1) is 14.3. The maximum atomic E-state index is 11.5. The second-order valence-corrected chi connectivity index (χ2v) is 5.72. The number of nitrogens with two attached hydrogens (primary N) is 2. The minimum Gasteiger partial charge on any atom is -0.399 e. The monoisotopic (exact) mass is 296 g/mol. The van der Waals surface area contributed by atoms with Crippen LogP contribution in [0.5, 0.6) is 0 Å². The van der Waals surface area contributed by atoms with Crippen molar-refractivity contribution >= 4 is 21.4 Å². The van der Waals surface area contributed by atoms with Crippen LogP contribution in [-0.4, -0.2) is 23.2 Å². The molecule has 0 unspecified atom stereocenters. The molecule has 0 aliphatic carbocycles. The van der Waals surface area contributed by atoms with Gasteiger partial charge in [-0.15, -0.1) is 10.2 Å². The van der Waals surface area contributed by atoms with Gasteiger partial charge in [0.2, 0.25) is 10.0 Å². The van der Waals surface area contributed by atoms with Gasteiger partial charge in [0, 0.05) is 12.2 Å². The van der Waals surface area contributed by atoms with Crippen LogP contribution in [0.2, 0.25) is 0 Å². The lowest BCUT2D eigenvalue weighted by Crippen LogP contribution is -2.16. The van der Waals surface area contributed by atoms with Crippen LogP contribution in [0.15, 0.2) is 29.4 Å². The van der Waals surface area contributed by atoms with Crippen molar-refractivity contribution in [2.75, 3.05) is 11.1 Å². The van der Waals surface area contributed by atoms with Gasteiger partial charge >= 0.3 is 0 Å². The summed E-state index contributed by atoms with van der Waals surface area (Å²) in [5.41, 5.74) is 6.30. The molecule has 0 radical (unpaired) electrons. The molecule has 0 saturated carbocycles. The summed E-state index contributed by atoms with van der Waals surface area (Å²) in [5.74, 6) is 0.699. The van der Waals surface area contributed by atoms with E-state index in [1.54, 1.807) is 18.5 Å². The van der Waals surface area contributed by atoms with Gasteiger partial charge in [0.15, 0.2) is 5.82 Å². The van der Waals surface area contributed by atoms with Crippen molar-refractivity contribution in [3.63, 3.8) is 0 Å². The Labute approximate surface area is 116 Å². The lowest BCUT2D eigenvalue weighted by Gasteiger charge is -2.11. The lowest BCUT2D eigenvalue weighted by molar-refractivity contribution is 0.598. The van der Waals surface area contributed by atoms with Gasteiger partial charge in [0.25, 0.3) is 0 Å². The van der Waals surface area contributed by atoms with Crippen LogP contribution in [0.25, 0.3) is 0 Å². The molecule has 0 amide bonds. The largest absolute Gasteiger partial charge is 0.399 e. The molecule has 0 aliphatic heterocycles. The summed E-state index contributed by atoms with van der Waals surface area (Å²) in [5, 5.41) is 15.9. The maximum Gasteiger partial charge on any atom is 0.240 e. The summed E-state index contributed by atoms with van der Waals surface area (Å²) in [7, 11) is -3.85. The number of aromatic nitrogens is 3. The number of aryl methyl sites for hydroxylation is 1. The third-order valence-corrected chi connectivity index (χ3v) is 3.74. The van der Waals surface area contributed by atoms with Crippen molar-refractivity contribution in [1.29, 1.82) is 0 Å². The number of rotatable bonds is 5. The molecule has 1 heterocycles. The number of nitrogens with zero attached hydrogens (tertiary/aromatic N) is 3. The minimum atomic E-state index is -3.85. The highest BCUT2D eigenvalue weighted by molar-refractivity contribution is 7.89. The smallest absolute Gasteiger partial charge is 0.240 e. The van der Waals surface area contributed by atoms with E-state index in [-0.39, 0.29) is 4.90 Å². The first-order chi connectivity index (χ1) is 9.41. The third-order valence-electron chi connectivity index (χ3n) is 2.79. The van der Waals surface area contributed by atoms with E-state index in [4.69, 9.17) is 10.9 Å². The van der Waals surface area contributed by atoms with E-state index in [0.717, 1.165) is 6.54 Å². The van der Waals surface area contributed by atoms with Gasteiger partial charge in [-0.05, 0) is 25.1 Å². The molecule has 5 N–H and O–H groups in total. The van der Waals surface area contributed by atoms with E-state index in [1.165, 1.54) is 6.07 Å². The topological polar surface area (TPSA) is 129 Å². The van der Waals surface area contributed by atoms with E-state index in [1.807, 2.05) is 11.5 Å². The van der Waals surface area contributed by atoms with E-state index in [9.17, 15) is 8.42 Å². The van der Waals surface area contributed by atoms with E-state index >= 15 is 0 Å². The van der Waals surface area contributed by atoms with Gasteiger partial charge in [-0.2, -0.15) is 0 Å². The van der Waals surface area contributed by atoms with Crippen LogP contribution in [0.4, 0.5) is 11.4 Å². The fourth-order valence-corrected chi connectivity index (χ4v) is 2.52. The number of hydrogen-bond donors (Lipinski definition) is 3. The molecule has 108 valence electrons. The normalized spacial score (nSPS) is 11.5. The second kappa shape index (κ2) is 5.47. The Morgan fingerprint density at radius 2 is 2.15 bits per heavy atom. The number of anilines is 2. The Bertz CT molecular complexity index is 709. The predicted octanol–water partition coefficient (Wildman–Crippen LogP) is 0.140. The van der Waals surface area contributed by atoms with Crippen LogP contribution in [0.1, 0.15) is 12.7 Å². The Hall–Kier alpha value is -2.13. The number of nitrogen functional groups attached to an aromatic ring is 1. The first-order valence-electron chi connectivity index (χ1n) is 5.94. The van der Waals surface area contributed by atoms with Gasteiger partial charge in [-0.25, -0.2) is 13.6 Å². The molecule has 2 aromatic rings. The van der Waals surface area contributed by atoms with E-state index in [2.05, 4.69) is 15.5 Å². The molecule has 0 atom stereocenters.